The lowest BCUT2D eigenvalue weighted by Gasteiger charge is -2.27. The van der Waals surface area contributed by atoms with Gasteiger partial charge in [0.25, 0.3) is 0 Å². The van der Waals surface area contributed by atoms with Gasteiger partial charge < -0.3 is 9.84 Å². The molecule has 1 aliphatic heterocycles. The molecule has 0 amide bonds. The number of carboxylic acids is 1. The molecule has 0 aromatic carbocycles. The Kier molecular flexibility index (Phi) is 4.12. The summed E-state index contributed by atoms with van der Waals surface area (Å²) in [6.45, 7) is 1.89. The molecule has 1 aliphatic rings. The van der Waals surface area contributed by atoms with E-state index in [0.717, 1.165) is 0 Å². The average molecular weight is 258 g/mol. The van der Waals surface area contributed by atoms with Crippen molar-refractivity contribution in [2.24, 2.45) is 5.41 Å². The van der Waals surface area contributed by atoms with Crippen LogP contribution in [0.25, 0.3) is 0 Å². The number of hydrogen-bond acceptors (Lipinski definition) is 3. The molecular weight excluding hydrogens is 245 g/mol. The summed E-state index contributed by atoms with van der Waals surface area (Å²) in [4.78, 5) is 11.1. The number of carboxylic acid groups (broad SMARTS) is 1. The van der Waals surface area contributed by atoms with E-state index >= 15 is 0 Å². The molecule has 1 N–H and O–H groups in total. The van der Waals surface area contributed by atoms with Crippen molar-refractivity contribution in [2.75, 3.05) is 12.4 Å². The lowest BCUT2D eigenvalue weighted by Crippen LogP contribution is -2.38. The van der Waals surface area contributed by atoms with Gasteiger partial charge in [0.2, 0.25) is 0 Å². The van der Waals surface area contributed by atoms with Gasteiger partial charge in [0, 0.05) is 12.4 Å². The van der Waals surface area contributed by atoms with Crippen molar-refractivity contribution in [3.05, 3.63) is 0 Å². The fourth-order valence-electron chi connectivity index (χ4n) is 1.85. The summed E-state index contributed by atoms with van der Waals surface area (Å²) < 4.78 is 41.0. The lowest BCUT2D eigenvalue weighted by molar-refractivity contribution is -0.152. The molecule has 16 heavy (non-hydrogen) atoms. The molecule has 0 bridgehead atoms. The number of ether oxygens (including phenoxy) is 1. The largest absolute Gasteiger partial charge is 0.481 e. The van der Waals surface area contributed by atoms with Crippen LogP contribution in [0.5, 0.6) is 0 Å². The van der Waals surface area contributed by atoms with Gasteiger partial charge in [-0.2, -0.15) is 13.2 Å². The summed E-state index contributed by atoms with van der Waals surface area (Å²) in [5.74, 6) is -1.32. The SMILES string of the molecule is CC1OCCC1(CCSC(F)(F)F)C(=O)O. The third-order valence-corrected chi connectivity index (χ3v) is 3.67. The van der Waals surface area contributed by atoms with Crippen LogP contribution in [0.2, 0.25) is 0 Å². The summed E-state index contributed by atoms with van der Waals surface area (Å²) in [7, 11) is 0. The molecule has 94 valence electrons. The average Bonchev–Trinajstić information content (AvgIpc) is 2.46. The first-order chi connectivity index (χ1) is 7.28. The Hall–Kier alpha value is -0.430. The van der Waals surface area contributed by atoms with Crippen LogP contribution in [0.1, 0.15) is 19.8 Å². The Morgan fingerprint density at radius 1 is 1.62 bits per heavy atom. The maximum Gasteiger partial charge on any atom is 0.441 e. The van der Waals surface area contributed by atoms with Crippen LogP contribution in [0.15, 0.2) is 0 Å². The van der Waals surface area contributed by atoms with Gasteiger partial charge in [0.1, 0.15) is 0 Å². The molecule has 2 atom stereocenters. The van der Waals surface area contributed by atoms with Crippen molar-refractivity contribution >= 4 is 17.7 Å². The van der Waals surface area contributed by atoms with E-state index in [1.165, 1.54) is 0 Å². The molecule has 1 heterocycles. The van der Waals surface area contributed by atoms with Crippen LogP contribution in [-0.4, -0.2) is 35.0 Å². The maximum absolute atomic E-state index is 11.9. The third kappa shape index (κ3) is 3.04. The van der Waals surface area contributed by atoms with Gasteiger partial charge in [-0.25, -0.2) is 0 Å². The standard InChI is InChI=1S/C9H13F3O3S/c1-6-8(7(13)14,2-4-15-6)3-5-16-9(10,11)12/h6H,2-5H2,1H3,(H,13,14). The van der Waals surface area contributed by atoms with Gasteiger partial charge in [0.05, 0.1) is 11.5 Å². The van der Waals surface area contributed by atoms with Crippen molar-refractivity contribution in [2.45, 2.75) is 31.4 Å². The Morgan fingerprint density at radius 2 is 2.25 bits per heavy atom. The minimum Gasteiger partial charge on any atom is -0.481 e. The van der Waals surface area contributed by atoms with Crippen molar-refractivity contribution < 1.29 is 27.8 Å². The second-order valence-electron chi connectivity index (χ2n) is 3.77. The highest BCUT2D eigenvalue weighted by Gasteiger charge is 2.48. The number of thioether (sulfide) groups is 1. The zero-order valence-corrected chi connectivity index (χ0v) is 9.53. The molecule has 1 fully saturated rings. The molecule has 2 unspecified atom stereocenters. The summed E-state index contributed by atoms with van der Waals surface area (Å²) in [5.41, 5.74) is -5.46. The summed E-state index contributed by atoms with van der Waals surface area (Å²) in [5, 5.41) is 9.09. The molecule has 0 aromatic rings. The van der Waals surface area contributed by atoms with Crippen LogP contribution in [0.4, 0.5) is 13.2 Å². The zero-order chi connectivity index (χ0) is 12.4. The van der Waals surface area contributed by atoms with Gasteiger partial charge >= 0.3 is 11.5 Å². The molecule has 3 nitrogen and oxygen atoms in total. The molecule has 0 saturated carbocycles. The van der Waals surface area contributed by atoms with Gasteiger partial charge in [-0.1, -0.05) is 11.8 Å². The van der Waals surface area contributed by atoms with Crippen molar-refractivity contribution in [1.29, 1.82) is 0 Å². The Balaban J connectivity index is 2.57. The van der Waals surface area contributed by atoms with E-state index < -0.39 is 23.0 Å². The first-order valence-electron chi connectivity index (χ1n) is 4.83. The summed E-state index contributed by atoms with van der Waals surface area (Å²) in [6.07, 6.45) is -0.269. The van der Waals surface area contributed by atoms with Crippen molar-refractivity contribution in [3.8, 4) is 0 Å². The first-order valence-corrected chi connectivity index (χ1v) is 5.82. The van der Waals surface area contributed by atoms with E-state index in [2.05, 4.69) is 0 Å². The predicted octanol–water partition coefficient (Wildman–Crippen LogP) is 2.51. The van der Waals surface area contributed by atoms with Crippen molar-refractivity contribution in [1.82, 2.24) is 0 Å². The molecule has 1 saturated heterocycles. The van der Waals surface area contributed by atoms with Gasteiger partial charge in [-0.05, 0) is 19.8 Å². The molecule has 1 rings (SSSR count). The van der Waals surface area contributed by atoms with Crippen LogP contribution < -0.4 is 0 Å². The number of halogens is 3. The minimum absolute atomic E-state index is 0.0202. The monoisotopic (exact) mass is 258 g/mol. The highest BCUT2D eigenvalue weighted by atomic mass is 32.2. The second-order valence-corrected chi connectivity index (χ2v) is 4.93. The fourth-order valence-corrected chi connectivity index (χ4v) is 2.54. The van der Waals surface area contributed by atoms with Crippen LogP contribution in [0, 0.1) is 5.41 Å². The number of alkyl halides is 3. The van der Waals surface area contributed by atoms with Gasteiger partial charge in [-0.3, -0.25) is 4.79 Å². The van der Waals surface area contributed by atoms with Gasteiger partial charge in [-0.15, -0.1) is 0 Å². The molecule has 0 aliphatic carbocycles. The van der Waals surface area contributed by atoms with Crippen LogP contribution >= 0.6 is 11.8 Å². The van der Waals surface area contributed by atoms with Gasteiger partial charge in [0.15, 0.2) is 0 Å². The number of hydrogen-bond donors (Lipinski definition) is 1. The van der Waals surface area contributed by atoms with E-state index in [-0.39, 0.29) is 30.4 Å². The third-order valence-electron chi connectivity index (χ3n) is 2.93. The zero-order valence-electron chi connectivity index (χ0n) is 8.71. The van der Waals surface area contributed by atoms with Crippen LogP contribution in [0.3, 0.4) is 0 Å². The number of aliphatic carboxylic acids is 1. The Morgan fingerprint density at radius 3 is 2.62 bits per heavy atom. The summed E-state index contributed by atoms with van der Waals surface area (Å²) in [6, 6.07) is 0. The smallest absolute Gasteiger partial charge is 0.441 e. The highest BCUT2D eigenvalue weighted by molar-refractivity contribution is 8.00. The van der Waals surface area contributed by atoms with E-state index in [0.29, 0.717) is 6.61 Å². The van der Waals surface area contributed by atoms with E-state index in [1.54, 1.807) is 6.92 Å². The normalized spacial score (nSPS) is 30.6. The molecule has 0 spiro atoms. The minimum atomic E-state index is -4.30. The molecule has 0 aromatic heterocycles. The number of carbonyl (C=O) groups is 1. The van der Waals surface area contributed by atoms with Crippen LogP contribution in [-0.2, 0) is 9.53 Å². The second kappa shape index (κ2) is 4.83. The maximum atomic E-state index is 11.9. The Bertz CT molecular complexity index is 269. The molecule has 7 heteroatoms. The number of rotatable bonds is 4. The Labute approximate surface area is 95.3 Å². The van der Waals surface area contributed by atoms with E-state index in [1.807, 2.05) is 0 Å². The quantitative estimate of drug-likeness (QED) is 0.841. The topological polar surface area (TPSA) is 46.5 Å². The fraction of sp³-hybridized carbons (Fsp3) is 0.889. The van der Waals surface area contributed by atoms with E-state index in [9.17, 15) is 18.0 Å². The highest BCUT2D eigenvalue weighted by Crippen LogP contribution is 2.41. The lowest BCUT2D eigenvalue weighted by atomic mass is 9.79. The molecular formula is C9H13F3O3S. The summed E-state index contributed by atoms with van der Waals surface area (Å²) >= 11 is -0.180. The first kappa shape index (κ1) is 13.6. The van der Waals surface area contributed by atoms with Crippen molar-refractivity contribution in [3.63, 3.8) is 0 Å². The molecule has 0 radical (unpaired) electrons. The van der Waals surface area contributed by atoms with E-state index in [4.69, 9.17) is 9.84 Å². The predicted molar refractivity (Wildman–Crippen MR) is 53.2 cm³/mol.